The molecule has 1 aromatic carbocycles. The summed E-state index contributed by atoms with van der Waals surface area (Å²) in [6.07, 6.45) is 9.72. The second kappa shape index (κ2) is 9.30. The molecule has 2 fully saturated rings. The fourth-order valence-electron chi connectivity index (χ4n) is 4.31. The second-order valence-corrected chi connectivity index (χ2v) is 7.81. The third-order valence-corrected chi connectivity index (χ3v) is 5.83. The summed E-state index contributed by atoms with van der Waals surface area (Å²) in [5.74, 6) is 1.68. The van der Waals surface area contributed by atoms with E-state index in [2.05, 4.69) is 10.2 Å². The number of nitro benzene ring substituents is 1. The molecule has 0 radical (unpaired) electrons. The zero-order valence-corrected chi connectivity index (χ0v) is 15.2. The standard InChI is InChI=1S/C20H31N3O2/c24-23(25)20-8-4-7-19(13-20)15-21-14-17-9-11-22(12-10-17)16-18-5-2-1-3-6-18/h4,7-8,13,17-18,21H,1-3,5-6,9-12,14-16H2. The molecule has 1 aromatic rings. The van der Waals surface area contributed by atoms with Crippen LogP contribution in [0.5, 0.6) is 0 Å². The zero-order chi connectivity index (χ0) is 17.5. The Kier molecular flexibility index (Phi) is 6.82. The van der Waals surface area contributed by atoms with Crippen LogP contribution in [-0.2, 0) is 6.54 Å². The summed E-state index contributed by atoms with van der Waals surface area (Å²) in [6, 6.07) is 6.93. The third kappa shape index (κ3) is 5.79. The number of benzene rings is 1. The minimum Gasteiger partial charge on any atom is -0.312 e. The Morgan fingerprint density at radius 3 is 2.56 bits per heavy atom. The molecule has 138 valence electrons. The number of likely N-dealkylation sites (tertiary alicyclic amines) is 1. The van der Waals surface area contributed by atoms with Crippen molar-refractivity contribution in [2.45, 2.75) is 51.5 Å². The fourth-order valence-corrected chi connectivity index (χ4v) is 4.31. The molecule has 0 atom stereocenters. The first kappa shape index (κ1) is 18.3. The van der Waals surface area contributed by atoms with Crippen molar-refractivity contribution in [1.82, 2.24) is 10.2 Å². The topological polar surface area (TPSA) is 58.4 Å². The van der Waals surface area contributed by atoms with Gasteiger partial charge in [-0.2, -0.15) is 0 Å². The van der Waals surface area contributed by atoms with E-state index in [0.29, 0.717) is 6.54 Å². The van der Waals surface area contributed by atoms with Gasteiger partial charge >= 0.3 is 0 Å². The maximum Gasteiger partial charge on any atom is 0.269 e. The van der Waals surface area contributed by atoms with Crippen molar-refractivity contribution < 1.29 is 4.92 Å². The van der Waals surface area contributed by atoms with Gasteiger partial charge in [0.2, 0.25) is 0 Å². The highest BCUT2D eigenvalue weighted by Gasteiger charge is 2.22. The van der Waals surface area contributed by atoms with Crippen molar-refractivity contribution in [2.75, 3.05) is 26.2 Å². The second-order valence-electron chi connectivity index (χ2n) is 7.81. The van der Waals surface area contributed by atoms with Gasteiger partial charge in [0, 0.05) is 25.2 Å². The fraction of sp³-hybridized carbons (Fsp3) is 0.700. The Balaban J connectivity index is 1.34. The Labute approximate surface area is 150 Å². The van der Waals surface area contributed by atoms with Crippen molar-refractivity contribution in [1.29, 1.82) is 0 Å². The smallest absolute Gasteiger partial charge is 0.269 e. The van der Waals surface area contributed by atoms with Crippen LogP contribution in [0.4, 0.5) is 5.69 Å². The third-order valence-electron chi connectivity index (χ3n) is 5.83. The van der Waals surface area contributed by atoms with E-state index in [-0.39, 0.29) is 10.6 Å². The van der Waals surface area contributed by atoms with Gasteiger partial charge in [0.15, 0.2) is 0 Å². The first-order chi connectivity index (χ1) is 12.2. The van der Waals surface area contributed by atoms with Crippen molar-refractivity contribution in [2.24, 2.45) is 11.8 Å². The normalized spacial score (nSPS) is 20.6. The number of nitro groups is 1. The molecule has 1 N–H and O–H groups in total. The molecule has 5 heteroatoms. The minimum absolute atomic E-state index is 0.176. The molecule has 0 aromatic heterocycles. The van der Waals surface area contributed by atoms with Gasteiger partial charge in [-0.25, -0.2) is 0 Å². The number of rotatable bonds is 7. The average molecular weight is 345 g/mol. The van der Waals surface area contributed by atoms with Crippen LogP contribution in [0.1, 0.15) is 50.5 Å². The van der Waals surface area contributed by atoms with Crippen LogP contribution in [0.3, 0.4) is 0 Å². The molecule has 1 aliphatic heterocycles. The Bertz CT molecular complexity index is 550. The van der Waals surface area contributed by atoms with Gasteiger partial charge in [-0.15, -0.1) is 0 Å². The van der Waals surface area contributed by atoms with Crippen LogP contribution in [0.25, 0.3) is 0 Å². The van der Waals surface area contributed by atoms with E-state index in [1.165, 1.54) is 64.6 Å². The summed E-state index contributed by atoms with van der Waals surface area (Å²) in [6.45, 7) is 5.51. The van der Waals surface area contributed by atoms with Crippen LogP contribution < -0.4 is 5.32 Å². The zero-order valence-electron chi connectivity index (χ0n) is 15.2. The molecule has 2 aliphatic rings. The average Bonchev–Trinajstić information content (AvgIpc) is 2.64. The van der Waals surface area contributed by atoms with Crippen molar-refractivity contribution >= 4 is 5.69 Å². The van der Waals surface area contributed by atoms with Gasteiger partial charge in [-0.1, -0.05) is 31.4 Å². The van der Waals surface area contributed by atoms with Gasteiger partial charge in [0.1, 0.15) is 0 Å². The largest absolute Gasteiger partial charge is 0.312 e. The first-order valence-electron chi connectivity index (χ1n) is 9.87. The molecule has 3 rings (SSSR count). The van der Waals surface area contributed by atoms with Crippen molar-refractivity contribution in [3.05, 3.63) is 39.9 Å². The SMILES string of the molecule is O=[N+]([O-])c1cccc(CNCC2CCN(CC3CCCCC3)CC2)c1. The highest BCUT2D eigenvalue weighted by Crippen LogP contribution is 2.26. The van der Waals surface area contributed by atoms with Crippen molar-refractivity contribution in [3.63, 3.8) is 0 Å². The molecule has 25 heavy (non-hydrogen) atoms. The number of non-ortho nitro benzene ring substituents is 1. The number of nitrogens with zero attached hydrogens (tertiary/aromatic N) is 2. The predicted molar refractivity (Wildman–Crippen MR) is 101 cm³/mol. The monoisotopic (exact) mass is 345 g/mol. The molecule has 0 amide bonds. The maximum absolute atomic E-state index is 10.8. The molecule has 1 heterocycles. The van der Waals surface area contributed by atoms with Gasteiger partial charge in [-0.05, 0) is 62.7 Å². The molecular formula is C20H31N3O2. The molecule has 0 bridgehead atoms. The maximum atomic E-state index is 10.8. The summed E-state index contributed by atoms with van der Waals surface area (Å²) in [4.78, 5) is 13.2. The van der Waals surface area contributed by atoms with Gasteiger partial charge in [-0.3, -0.25) is 10.1 Å². The summed E-state index contributed by atoms with van der Waals surface area (Å²) >= 11 is 0. The van der Waals surface area contributed by atoms with E-state index in [9.17, 15) is 10.1 Å². The van der Waals surface area contributed by atoms with Crippen LogP contribution in [0.2, 0.25) is 0 Å². The summed E-state index contributed by atoms with van der Waals surface area (Å²) in [5.41, 5.74) is 1.17. The first-order valence-corrected chi connectivity index (χ1v) is 9.87. The van der Waals surface area contributed by atoms with E-state index < -0.39 is 0 Å². The quantitative estimate of drug-likeness (QED) is 0.600. The molecule has 1 aliphatic carbocycles. The van der Waals surface area contributed by atoms with Gasteiger partial charge < -0.3 is 10.2 Å². The minimum atomic E-state index is -0.328. The van der Waals surface area contributed by atoms with Crippen LogP contribution in [-0.4, -0.2) is 36.0 Å². The van der Waals surface area contributed by atoms with Crippen molar-refractivity contribution in [3.8, 4) is 0 Å². The Morgan fingerprint density at radius 2 is 1.84 bits per heavy atom. The van der Waals surface area contributed by atoms with Crippen LogP contribution in [0, 0.1) is 22.0 Å². The highest BCUT2D eigenvalue weighted by atomic mass is 16.6. The number of nitrogens with one attached hydrogen (secondary N) is 1. The van der Waals surface area contributed by atoms with E-state index in [1.807, 2.05) is 6.07 Å². The van der Waals surface area contributed by atoms with Gasteiger partial charge in [0.05, 0.1) is 4.92 Å². The van der Waals surface area contributed by atoms with Crippen LogP contribution in [0.15, 0.2) is 24.3 Å². The molecular weight excluding hydrogens is 314 g/mol. The van der Waals surface area contributed by atoms with E-state index in [1.54, 1.807) is 18.2 Å². The number of hydrogen-bond acceptors (Lipinski definition) is 4. The molecule has 0 spiro atoms. The van der Waals surface area contributed by atoms with E-state index in [4.69, 9.17) is 0 Å². The van der Waals surface area contributed by atoms with Gasteiger partial charge in [0.25, 0.3) is 5.69 Å². The summed E-state index contributed by atoms with van der Waals surface area (Å²) in [5, 5.41) is 14.3. The number of hydrogen-bond donors (Lipinski definition) is 1. The lowest BCUT2D eigenvalue weighted by atomic mass is 9.88. The molecule has 0 unspecified atom stereocenters. The summed E-state index contributed by atoms with van der Waals surface area (Å²) in [7, 11) is 0. The molecule has 1 saturated carbocycles. The highest BCUT2D eigenvalue weighted by molar-refractivity contribution is 5.34. The Morgan fingerprint density at radius 1 is 1.08 bits per heavy atom. The van der Waals surface area contributed by atoms with E-state index >= 15 is 0 Å². The number of piperidine rings is 1. The van der Waals surface area contributed by atoms with Crippen LogP contribution >= 0.6 is 0 Å². The molecule has 1 saturated heterocycles. The predicted octanol–water partition coefficient (Wildman–Crippen LogP) is 3.98. The lowest BCUT2D eigenvalue weighted by molar-refractivity contribution is -0.384. The lowest BCUT2D eigenvalue weighted by Crippen LogP contribution is -2.39. The lowest BCUT2D eigenvalue weighted by Gasteiger charge is -2.35. The van der Waals surface area contributed by atoms with E-state index in [0.717, 1.165) is 23.9 Å². The summed E-state index contributed by atoms with van der Waals surface area (Å²) < 4.78 is 0. The Hall–Kier alpha value is -1.46. The molecule has 5 nitrogen and oxygen atoms in total.